The number of hydrogen-bond acceptors (Lipinski definition) is 4. The Balaban J connectivity index is 1.59. The van der Waals surface area contributed by atoms with E-state index in [2.05, 4.69) is 21.2 Å². The lowest BCUT2D eigenvalue weighted by atomic mass is 10.1. The Morgan fingerprint density at radius 1 is 1.06 bits per heavy atom. The van der Waals surface area contributed by atoms with Crippen molar-refractivity contribution in [2.75, 3.05) is 11.9 Å². The molecule has 0 aliphatic carbocycles. The summed E-state index contributed by atoms with van der Waals surface area (Å²) in [6, 6.07) is 19.2. The number of rotatable bonds is 6. The fourth-order valence-electron chi connectivity index (χ4n) is 3.09. The van der Waals surface area contributed by atoms with Crippen molar-refractivity contribution in [1.29, 1.82) is 0 Å². The summed E-state index contributed by atoms with van der Waals surface area (Å²) in [5, 5.41) is 4.04. The Morgan fingerprint density at radius 2 is 1.81 bits per heavy atom. The Bertz CT molecular complexity index is 1280. The highest BCUT2D eigenvalue weighted by Gasteiger charge is 2.23. The van der Waals surface area contributed by atoms with E-state index in [0.29, 0.717) is 33.0 Å². The van der Waals surface area contributed by atoms with Gasteiger partial charge in [0, 0.05) is 20.4 Å². The van der Waals surface area contributed by atoms with Gasteiger partial charge in [-0.3, -0.25) is 9.59 Å². The normalized spacial score (nSPS) is 10.8. The van der Waals surface area contributed by atoms with E-state index in [1.165, 1.54) is 0 Å². The number of nitrogens with one attached hydrogen (secondary N) is 1. The van der Waals surface area contributed by atoms with Crippen LogP contribution in [0.15, 0.2) is 75.6 Å². The van der Waals surface area contributed by atoms with Gasteiger partial charge in [0.15, 0.2) is 12.4 Å². The summed E-state index contributed by atoms with van der Waals surface area (Å²) >= 11 is 9.38. The van der Waals surface area contributed by atoms with Crippen molar-refractivity contribution in [3.05, 3.63) is 93.1 Å². The van der Waals surface area contributed by atoms with Gasteiger partial charge in [0.1, 0.15) is 11.3 Å². The molecule has 0 saturated carbocycles. The summed E-state index contributed by atoms with van der Waals surface area (Å²) in [6.45, 7) is 1.62. The maximum Gasteiger partial charge on any atom is 0.262 e. The smallest absolute Gasteiger partial charge is 0.262 e. The lowest BCUT2D eigenvalue weighted by molar-refractivity contribution is -0.118. The second-order valence-corrected chi connectivity index (χ2v) is 8.21. The summed E-state index contributed by atoms with van der Waals surface area (Å²) < 4.78 is 12.2. The molecule has 0 aliphatic heterocycles. The van der Waals surface area contributed by atoms with Crippen LogP contribution >= 0.6 is 27.5 Å². The summed E-state index contributed by atoms with van der Waals surface area (Å²) in [7, 11) is 0. The standard InChI is InChI=1S/C24H17BrClNO4/c1-14-12-17(10-11-19(14)26)30-13-21(28)27-22-18-4-2-3-5-20(18)31-24(22)23(29)15-6-8-16(25)9-7-15/h2-12H,13H2,1H3,(H,27,28). The molecule has 0 bridgehead atoms. The van der Waals surface area contributed by atoms with Gasteiger partial charge in [0.05, 0.1) is 5.69 Å². The number of benzene rings is 3. The molecule has 0 atom stereocenters. The highest BCUT2D eigenvalue weighted by molar-refractivity contribution is 9.10. The van der Waals surface area contributed by atoms with E-state index < -0.39 is 5.91 Å². The van der Waals surface area contributed by atoms with E-state index >= 15 is 0 Å². The SMILES string of the molecule is Cc1cc(OCC(=O)Nc2c(C(=O)c3ccc(Br)cc3)oc3ccccc23)ccc1Cl. The van der Waals surface area contributed by atoms with Crippen molar-refractivity contribution < 1.29 is 18.7 Å². The predicted octanol–water partition coefficient (Wildman–Crippen LogP) is 6.41. The van der Waals surface area contributed by atoms with Crippen molar-refractivity contribution in [2.45, 2.75) is 6.92 Å². The van der Waals surface area contributed by atoms with Crippen LogP contribution in [-0.4, -0.2) is 18.3 Å². The Labute approximate surface area is 192 Å². The molecule has 4 aromatic rings. The molecule has 1 heterocycles. The van der Waals surface area contributed by atoms with E-state index in [0.717, 1.165) is 10.0 Å². The minimum atomic E-state index is -0.413. The van der Waals surface area contributed by atoms with Crippen molar-refractivity contribution in [3.63, 3.8) is 0 Å². The number of hydrogen-bond donors (Lipinski definition) is 1. The number of amides is 1. The summed E-state index contributed by atoms with van der Waals surface area (Å²) in [5.41, 5.74) is 2.13. The van der Waals surface area contributed by atoms with E-state index in [1.54, 1.807) is 60.7 Å². The molecule has 3 aromatic carbocycles. The first-order chi connectivity index (χ1) is 14.9. The Morgan fingerprint density at radius 3 is 2.55 bits per heavy atom. The average Bonchev–Trinajstić information content (AvgIpc) is 3.13. The van der Waals surface area contributed by atoms with E-state index in [4.69, 9.17) is 20.8 Å². The van der Waals surface area contributed by atoms with Gasteiger partial charge >= 0.3 is 0 Å². The van der Waals surface area contributed by atoms with Crippen LogP contribution in [0.4, 0.5) is 5.69 Å². The van der Waals surface area contributed by atoms with Gasteiger partial charge in [0.25, 0.3) is 5.91 Å². The van der Waals surface area contributed by atoms with Gasteiger partial charge in [-0.2, -0.15) is 0 Å². The number of ketones is 1. The number of aryl methyl sites for hydroxylation is 1. The Kier molecular flexibility index (Phi) is 6.11. The first-order valence-corrected chi connectivity index (χ1v) is 10.6. The molecule has 0 fully saturated rings. The first kappa shape index (κ1) is 21.2. The van der Waals surface area contributed by atoms with Crippen molar-refractivity contribution in [1.82, 2.24) is 0 Å². The number of halogens is 2. The van der Waals surface area contributed by atoms with Gasteiger partial charge in [-0.1, -0.05) is 39.7 Å². The highest BCUT2D eigenvalue weighted by Crippen LogP contribution is 2.32. The van der Waals surface area contributed by atoms with Crippen LogP contribution in [0, 0.1) is 6.92 Å². The molecule has 4 rings (SSSR count). The first-order valence-electron chi connectivity index (χ1n) is 9.43. The number of carbonyl (C=O) groups excluding carboxylic acids is 2. The minimum absolute atomic E-state index is 0.0687. The van der Waals surface area contributed by atoms with Gasteiger partial charge in [-0.05, 0) is 67.1 Å². The zero-order valence-corrected chi connectivity index (χ0v) is 18.8. The van der Waals surface area contributed by atoms with Gasteiger partial charge in [0.2, 0.25) is 5.78 Å². The van der Waals surface area contributed by atoms with Gasteiger partial charge < -0.3 is 14.5 Å². The van der Waals surface area contributed by atoms with Crippen LogP contribution in [0.2, 0.25) is 5.02 Å². The molecule has 0 spiro atoms. The number of furan rings is 1. The van der Waals surface area contributed by atoms with Crippen LogP contribution in [-0.2, 0) is 4.79 Å². The third-order valence-electron chi connectivity index (χ3n) is 4.67. The molecular weight excluding hydrogens is 482 g/mol. The number of carbonyl (C=O) groups is 2. The monoisotopic (exact) mass is 497 g/mol. The third kappa shape index (κ3) is 4.65. The molecule has 0 saturated heterocycles. The third-order valence-corrected chi connectivity index (χ3v) is 5.62. The molecule has 1 aromatic heterocycles. The minimum Gasteiger partial charge on any atom is -0.484 e. The summed E-state index contributed by atoms with van der Waals surface area (Å²) in [6.07, 6.45) is 0. The summed E-state index contributed by atoms with van der Waals surface area (Å²) in [5.74, 6) is -0.142. The molecule has 31 heavy (non-hydrogen) atoms. The second-order valence-electron chi connectivity index (χ2n) is 6.89. The topological polar surface area (TPSA) is 68.5 Å². The number of anilines is 1. The fraction of sp³-hybridized carbons (Fsp3) is 0.0833. The zero-order chi connectivity index (χ0) is 22.0. The molecule has 0 unspecified atom stereocenters. The van der Waals surface area contributed by atoms with E-state index in [9.17, 15) is 9.59 Å². The van der Waals surface area contributed by atoms with Crippen LogP contribution in [0.25, 0.3) is 11.0 Å². The fourth-order valence-corrected chi connectivity index (χ4v) is 3.48. The molecule has 0 radical (unpaired) electrons. The lowest BCUT2D eigenvalue weighted by Crippen LogP contribution is -2.21. The largest absolute Gasteiger partial charge is 0.484 e. The molecule has 0 aliphatic rings. The highest BCUT2D eigenvalue weighted by atomic mass is 79.9. The molecular formula is C24H17BrClNO4. The van der Waals surface area contributed by atoms with E-state index in [1.807, 2.05) is 13.0 Å². The van der Waals surface area contributed by atoms with Crippen molar-refractivity contribution in [3.8, 4) is 5.75 Å². The summed E-state index contributed by atoms with van der Waals surface area (Å²) in [4.78, 5) is 25.7. The van der Waals surface area contributed by atoms with Crippen LogP contribution in [0.5, 0.6) is 5.75 Å². The quantitative estimate of drug-likeness (QED) is 0.312. The van der Waals surface area contributed by atoms with Crippen LogP contribution < -0.4 is 10.1 Å². The van der Waals surface area contributed by atoms with Gasteiger partial charge in [-0.15, -0.1) is 0 Å². The number of ether oxygens (including phenoxy) is 1. The maximum absolute atomic E-state index is 13.1. The van der Waals surface area contributed by atoms with Crippen LogP contribution in [0.3, 0.4) is 0 Å². The zero-order valence-electron chi connectivity index (χ0n) is 16.4. The van der Waals surface area contributed by atoms with E-state index in [-0.39, 0.29) is 18.2 Å². The molecule has 156 valence electrons. The lowest BCUT2D eigenvalue weighted by Gasteiger charge is -2.09. The number of fused-ring (bicyclic) bond motifs is 1. The molecule has 1 N–H and O–H groups in total. The Hall–Kier alpha value is -3.09. The van der Waals surface area contributed by atoms with Crippen molar-refractivity contribution in [2.24, 2.45) is 0 Å². The predicted molar refractivity (Wildman–Crippen MR) is 124 cm³/mol. The second kappa shape index (κ2) is 8.96. The van der Waals surface area contributed by atoms with Crippen LogP contribution in [0.1, 0.15) is 21.7 Å². The molecule has 5 nitrogen and oxygen atoms in total. The molecule has 1 amide bonds. The molecule has 7 heteroatoms. The maximum atomic E-state index is 13.1. The van der Waals surface area contributed by atoms with Crippen molar-refractivity contribution >= 4 is 55.9 Å². The average molecular weight is 499 g/mol. The van der Waals surface area contributed by atoms with Gasteiger partial charge in [-0.25, -0.2) is 0 Å². The number of para-hydroxylation sites is 1.